The molecule has 1 atom stereocenters. The highest BCUT2D eigenvalue weighted by Gasteiger charge is 2.34. The van der Waals surface area contributed by atoms with E-state index in [4.69, 9.17) is 16.3 Å². The number of nitrogens with one attached hydrogen (secondary N) is 1. The Labute approximate surface area is 242 Å². The van der Waals surface area contributed by atoms with Crippen LogP contribution in [0.4, 0.5) is 18.9 Å². The van der Waals surface area contributed by atoms with Gasteiger partial charge in [-0.25, -0.2) is 21.6 Å². The van der Waals surface area contributed by atoms with Crippen LogP contribution in [0.3, 0.4) is 0 Å². The number of hydrogen-bond acceptors (Lipinski definition) is 5. The number of hydrogen-bond donors (Lipinski definition) is 1. The van der Waals surface area contributed by atoms with E-state index in [1.165, 1.54) is 43.3 Å². The molecule has 1 aliphatic rings. The quantitative estimate of drug-likeness (QED) is 0.328. The Hall–Kier alpha value is -3.12. The lowest BCUT2D eigenvalue weighted by Gasteiger charge is -2.32. The third kappa shape index (κ3) is 7.79. The topological polar surface area (TPSA) is 79.0 Å². The van der Waals surface area contributed by atoms with Crippen molar-refractivity contribution in [1.82, 2.24) is 10.2 Å². The van der Waals surface area contributed by atoms with Crippen molar-refractivity contribution in [2.45, 2.75) is 30.7 Å². The van der Waals surface area contributed by atoms with E-state index in [1.807, 2.05) is 0 Å². The number of morpholine rings is 1. The molecule has 3 aromatic carbocycles. The number of benzene rings is 3. The summed E-state index contributed by atoms with van der Waals surface area (Å²) >= 11 is 5.94. The number of sulfonamides is 1. The number of ether oxygens (including phenoxy) is 1. The Kier molecular flexibility index (Phi) is 10.3. The summed E-state index contributed by atoms with van der Waals surface area (Å²) in [4.78, 5) is 14.6. The Morgan fingerprint density at radius 1 is 1.02 bits per heavy atom. The standard InChI is InChI=1S/C29H31ClF3N3O4S/c1-20(36(28-19-24(32)6-10-27(28)33)41(38,39)25-7-3-22(30)4-8-25)26-9-5-23(31)18-21(26)2-11-29(37)34-12-13-35-14-16-40-17-15-35/h3-10,18-20H,2,11-17H2,1H3,(H,34,37)/t20-/m1/s1. The first-order valence-electron chi connectivity index (χ1n) is 13.2. The summed E-state index contributed by atoms with van der Waals surface area (Å²) < 4.78 is 77.5. The predicted octanol–water partition coefficient (Wildman–Crippen LogP) is 5.09. The second kappa shape index (κ2) is 13.7. The van der Waals surface area contributed by atoms with E-state index in [-0.39, 0.29) is 23.6 Å². The van der Waals surface area contributed by atoms with Gasteiger partial charge in [-0.1, -0.05) is 17.7 Å². The van der Waals surface area contributed by atoms with Crippen LogP contribution in [0.2, 0.25) is 5.02 Å². The number of amides is 1. The molecule has 1 amide bonds. The van der Waals surface area contributed by atoms with Crippen LogP contribution in [0.15, 0.2) is 65.6 Å². The van der Waals surface area contributed by atoms with E-state index in [1.54, 1.807) is 0 Å². The van der Waals surface area contributed by atoms with Crippen molar-refractivity contribution < 1.29 is 31.1 Å². The number of rotatable bonds is 11. The molecule has 0 spiro atoms. The Morgan fingerprint density at radius 3 is 2.39 bits per heavy atom. The van der Waals surface area contributed by atoms with Gasteiger partial charge in [0.25, 0.3) is 10.0 Å². The van der Waals surface area contributed by atoms with E-state index < -0.39 is 39.2 Å². The molecule has 0 aromatic heterocycles. The molecule has 4 rings (SSSR count). The van der Waals surface area contributed by atoms with Gasteiger partial charge in [0.2, 0.25) is 5.91 Å². The van der Waals surface area contributed by atoms with E-state index in [0.29, 0.717) is 42.5 Å². The van der Waals surface area contributed by atoms with Crippen LogP contribution in [0, 0.1) is 17.5 Å². The Bertz CT molecular complexity index is 1470. The normalized spacial score (nSPS) is 15.0. The molecule has 7 nitrogen and oxygen atoms in total. The van der Waals surface area contributed by atoms with Crippen molar-refractivity contribution in [3.05, 3.63) is 94.3 Å². The lowest BCUT2D eigenvalue weighted by Crippen LogP contribution is -2.41. The SMILES string of the molecule is C[C@H](c1ccc(F)cc1CCC(=O)NCCN1CCOCC1)N(c1cc(F)ccc1F)S(=O)(=O)c1ccc(Cl)cc1. The maximum Gasteiger partial charge on any atom is 0.264 e. The number of aryl methyl sites for hydroxylation is 1. The summed E-state index contributed by atoms with van der Waals surface area (Å²) in [6.07, 6.45) is 0.117. The molecule has 1 saturated heterocycles. The molecule has 0 aliphatic carbocycles. The second-order valence-corrected chi connectivity index (χ2v) is 11.9. The molecule has 0 unspecified atom stereocenters. The maximum absolute atomic E-state index is 15.1. The molecule has 12 heteroatoms. The van der Waals surface area contributed by atoms with Crippen LogP contribution in [0.25, 0.3) is 0 Å². The monoisotopic (exact) mass is 609 g/mol. The van der Waals surface area contributed by atoms with Gasteiger partial charge in [0.15, 0.2) is 0 Å². The van der Waals surface area contributed by atoms with E-state index in [0.717, 1.165) is 41.7 Å². The molecule has 0 radical (unpaired) electrons. The van der Waals surface area contributed by atoms with Crippen molar-refractivity contribution >= 4 is 33.2 Å². The van der Waals surface area contributed by atoms with E-state index >= 15 is 4.39 Å². The predicted molar refractivity (Wildman–Crippen MR) is 151 cm³/mol. The highest BCUT2D eigenvalue weighted by Crippen LogP contribution is 2.37. The molecule has 220 valence electrons. The van der Waals surface area contributed by atoms with Gasteiger partial charge in [-0.2, -0.15) is 0 Å². The summed E-state index contributed by atoms with van der Waals surface area (Å²) in [5.41, 5.74) is 0.200. The van der Waals surface area contributed by atoms with Crippen molar-refractivity contribution in [1.29, 1.82) is 0 Å². The average molecular weight is 610 g/mol. The zero-order chi connectivity index (χ0) is 29.6. The summed E-state index contributed by atoms with van der Waals surface area (Å²) in [7, 11) is -4.46. The van der Waals surface area contributed by atoms with Crippen molar-refractivity contribution in [3.8, 4) is 0 Å². The lowest BCUT2D eigenvalue weighted by atomic mass is 9.97. The van der Waals surface area contributed by atoms with Crippen molar-refractivity contribution in [2.75, 3.05) is 43.7 Å². The first kappa shape index (κ1) is 30.8. The number of anilines is 1. The molecule has 1 heterocycles. The Morgan fingerprint density at radius 2 is 1.68 bits per heavy atom. The molecule has 41 heavy (non-hydrogen) atoms. The van der Waals surface area contributed by atoms with Crippen LogP contribution in [0.5, 0.6) is 0 Å². The Balaban J connectivity index is 1.60. The molecule has 1 N–H and O–H groups in total. The summed E-state index contributed by atoms with van der Waals surface area (Å²) in [5, 5.41) is 3.15. The van der Waals surface area contributed by atoms with Crippen LogP contribution in [-0.4, -0.2) is 58.6 Å². The lowest BCUT2D eigenvalue weighted by molar-refractivity contribution is -0.121. The minimum absolute atomic E-state index is 0.0184. The van der Waals surface area contributed by atoms with E-state index in [2.05, 4.69) is 10.2 Å². The highest BCUT2D eigenvalue weighted by molar-refractivity contribution is 7.92. The summed E-state index contributed by atoms with van der Waals surface area (Å²) in [6, 6.07) is 10.5. The third-order valence-corrected chi connectivity index (χ3v) is 9.05. The number of nitrogens with zero attached hydrogens (tertiary/aromatic N) is 2. The van der Waals surface area contributed by atoms with Gasteiger partial charge in [-0.3, -0.25) is 14.0 Å². The van der Waals surface area contributed by atoms with Crippen molar-refractivity contribution in [3.63, 3.8) is 0 Å². The van der Waals surface area contributed by atoms with Crippen molar-refractivity contribution in [2.24, 2.45) is 0 Å². The van der Waals surface area contributed by atoms with Gasteiger partial charge in [0, 0.05) is 43.7 Å². The van der Waals surface area contributed by atoms with Gasteiger partial charge in [-0.05, 0) is 73.0 Å². The highest BCUT2D eigenvalue weighted by atomic mass is 35.5. The molecule has 1 aliphatic heterocycles. The molecule has 0 saturated carbocycles. The molecule has 0 bridgehead atoms. The van der Waals surface area contributed by atoms with Gasteiger partial charge < -0.3 is 10.1 Å². The second-order valence-electron chi connectivity index (χ2n) is 9.67. The maximum atomic E-state index is 15.1. The minimum Gasteiger partial charge on any atom is -0.379 e. The minimum atomic E-state index is -4.46. The molecule has 1 fully saturated rings. The zero-order valence-corrected chi connectivity index (χ0v) is 24.0. The fraction of sp³-hybridized carbons (Fsp3) is 0.345. The third-order valence-electron chi connectivity index (χ3n) is 6.90. The van der Waals surface area contributed by atoms with Gasteiger partial charge in [0.1, 0.15) is 17.5 Å². The first-order valence-corrected chi connectivity index (χ1v) is 15.0. The fourth-order valence-electron chi connectivity index (χ4n) is 4.76. The smallest absolute Gasteiger partial charge is 0.264 e. The summed E-state index contributed by atoms with van der Waals surface area (Å²) in [6.45, 7) is 5.50. The van der Waals surface area contributed by atoms with Gasteiger partial charge in [-0.15, -0.1) is 0 Å². The zero-order valence-electron chi connectivity index (χ0n) is 22.5. The van der Waals surface area contributed by atoms with E-state index in [9.17, 15) is 22.0 Å². The van der Waals surface area contributed by atoms with Gasteiger partial charge >= 0.3 is 0 Å². The molecule has 3 aromatic rings. The summed E-state index contributed by atoms with van der Waals surface area (Å²) in [5.74, 6) is -2.62. The molecular weight excluding hydrogens is 579 g/mol. The van der Waals surface area contributed by atoms with Gasteiger partial charge in [0.05, 0.1) is 29.8 Å². The average Bonchev–Trinajstić information content (AvgIpc) is 2.94. The molecular formula is C29H31ClF3N3O4S. The van der Waals surface area contributed by atoms with Crippen LogP contribution in [-0.2, 0) is 26.0 Å². The van der Waals surface area contributed by atoms with Crippen LogP contribution in [0.1, 0.15) is 30.5 Å². The van der Waals surface area contributed by atoms with Crippen LogP contribution >= 0.6 is 11.6 Å². The number of carbonyl (C=O) groups is 1. The largest absolute Gasteiger partial charge is 0.379 e. The number of carbonyl (C=O) groups excluding carboxylic acids is 1. The van der Waals surface area contributed by atoms with Crippen LogP contribution < -0.4 is 9.62 Å². The first-order chi connectivity index (χ1) is 19.6. The number of halogens is 4. The fourth-order valence-corrected chi connectivity index (χ4v) is 6.52.